The monoisotopic (exact) mass is 244 g/mol. The molecule has 1 heterocycles. The van der Waals surface area contributed by atoms with Crippen molar-refractivity contribution in [2.24, 2.45) is 5.73 Å². The van der Waals surface area contributed by atoms with Gasteiger partial charge in [0.25, 0.3) is 0 Å². The van der Waals surface area contributed by atoms with E-state index in [1.807, 2.05) is 10.7 Å². The third kappa shape index (κ3) is 2.16. The van der Waals surface area contributed by atoms with Crippen LogP contribution in [0, 0.1) is 6.92 Å². The fourth-order valence-electron chi connectivity index (χ4n) is 2.14. The molecule has 2 N–H and O–H groups in total. The lowest BCUT2D eigenvalue weighted by Crippen LogP contribution is -2.10. The smallest absolute Gasteiger partial charge is 0.151 e. The van der Waals surface area contributed by atoms with Crippen molar-refractivity contribution in [1.29, 1.82) is 0 Å². The number of hydrogen-bond acceptors (Lipinski definition) is 3. The van der Waals surface area contributed by atoms with Crippen LogP contribution in [0.3, 0.4) is 0 Å². The lowest BCUT2D eigenvalue weighted by atomic mass is 10.1. The van der Waals surface area contributed by atoms with Crippen LogP contribution in [0.5, 0.6) is 0 Å². The van der Waals surface area contributed by atoms with Gasteiger partial charge in [0.05, 0.1) is 5.69 Å². The number of rotatable bonds is 4. The molecular weight excluding hydrogens is 224 g/mol. The van der Waals surface area contributed by atoms with E-state index in [1.54, 1.807) is 0 Å². The molecule has 0 unspecified atom stereocenters. The van der Waals surface area contributed by atoms with Crippen molar-refractivity contribution >= 4 is 0 Å². The van der Waals surface area contributed by atoms with Gasteiger partial charge in [-0.2, -0.15) is 5.10 Å². The standard InChI is InChI=1S/C14H20N4/c1-4-12-16-13(5-2)18(17-12)14-10(3)7-6-8-11(14)9-15/h6-8H,4-5,9,15H2,1-3H3. The van der Waals surface area contributed by atoms with Crippen molar-refractivity contribution in [3.05, 3.63) is 41.0 Å². The van der Waals surface area contributed by atoms with E-state index in [0.717, 1.165) is 35.7 Å². The summed E-state index contributed by atoms with van der Waals surface area (Å²) < 4.78 is 1.95. The van der Waals surface area contributed by atoms with Crippen LogP contribution in [0.2, 0.25) is 0 Å². The highest BCUT2D eigenvalue weighted by Crippen LogP contribution is 2.20. The molecule has 0 aliphatic carbocycles. The fourth-order valence-corrected chi connectivity index (χ4v) is 2.14. The van der Waals surface area contributed by atoms with Crippen molar-refractivity contribution in [2.75, 3.05) is 0 Å². The Morgan fingerprint density at radius 3 is 2.61 bits per heavy atom. The zero-order chi connectivity index (χ0) is 13.1. The van der Waals surface area contributed by atoms with E-state index in [4.69, 9.17) is 5.73 Å². The van der Waals surface area contributed by atoms with Gasteiger partial charge in [-0.3, -0.25) is 0 Å². The molecule has 18 heavy (non-hydrogen) atoms. The van der Waals surface area contributed by atoms with Crippen molar-refractivity contribution in [3.8, 4) is 5.69 Å². The molecule has 0 spiro atoms. The minimum atomic E-state index is 0.515. The maximum Gasteiger partial charge on any atom is 0.151 e. The van der Waals surface area contributed by atoms with Gasteiger partial charge in [0, 0.05) is 19.4 Å². The number of para-hydroxylation sites is 1. The molecule has 2 rings (SSSR count). The van der Waals surface area contributed by atoms with Crippen molar-refractivity contribution in [1.82, 2.24) is 14.8 Å². The van der Waals surface area contributed by atoms with E-state index in [9.17, 15) is 0 Å². The van der Waals surface area contributed by atoms with Crippen LogP contribution in [0.25, 0.3) is 5.69 Å². The lowest BCUT2D eigenvalue weighted by molar-refractivity contribution is 0.774. The van der Waals surface area contributed by atoms with Crippen molar-refractivity contribution in [2.45, 2.75) is 40.2 Å². The Hall–Kier alpha value is -1.68. The van der Waals surface area contributed by atoms with Crippen LogP contribution in [0.15, 0.2) is 18.2 Å². The fraction of sp³-hybridized carbons (Fsp3) is 0.429. The van der Waals surface area contributed by atoms with Gasteiger partial charge >= 0.3 is 0 Å². The summed E-state index contributed by atoms with van der Waals surface area (Å²) in [6.07, 6.45) is 1.72. The van der Waals surface area contributed by atoms with Crippen molar-refractivity contribution in [3.63, 3.8) is 0 Å². The van der Waals surface area contributed by atoms with Gasteiger partial charge in [0.15, 0.2) is 5.82 Å². The summed E-state index contributed by atoms with van der Waals surface area (Å²) in [5, 5.41) is 4.59. The van der Waals surface area contributed by atoms with E-state index < -0.39 is 0 Å². The average Bonchev–Trinajstić information content (AvgIpc) is 2.81. The largest absolute Gasteiger partial charge is 0.326 e. The van der Waals surface area contributed by atoms with Gasteiger partial charge in [-0.1, -0.05) is 32.0 Å². The van der Waals surface area contributed by atoms with E-state index in [2.05, 4.69) is 43.0 Å². The Balaban J connectivity index is 2.64. The van der Waals surface area contributed by atoms with Gasteiger partial charge in [-0.05, 0) is 18.1 Å². The zero-order valence-electron chi connectivity index (χ0n) is 11.3. The molecule has 0 amide bonds. The maximum absolute atomic E-state index is 5.83. The summed E-state index contributed by atoms with van der Waals surface area (Å²) >= 11 is 0. The number of hydrogen-bond donors (Lipinski definition) is 1. The predicted octanol–water partition coefficient (Wildman–Crippen LogP) is 2.16. The molecule has 1 aromatic heterocycles. The second kappa shape index (κ2) is 5.31. The second-order valence-corrected chi connectivity index (χ2v) is 4.35. The highest BCUT2D eigenvalue weighted by Gasteiger charge is 2.13. The SMILES string of the molecule is CCc1nc(CC)n(-c2c(C)cccc2CN)n1. The van der Waals surface area contributed by atoms with Crippen LogP contribution >= 0.6 is 0 Å². The summed E-state index contributed by atoms with van der Waals surface area (Å²) in [6.45, 7) is 6.77. The summed E-state index contributed by atoms with van der Waals surface area (Å²) in [7, 11) is 0. The number of benzene rings is 1. The number of aryl methyl sites for hydroxylation is 3. The first-order valence-electron chi connectivity index (χ1n) is 6.45. The first kappa shape index (κ1) is 12.8. The minimum absolute atomic E-state index is 0.515. The molecule has 96 valence electrons. The van der Waals surface area contributed by atoms with Gasteiger partial charge in [-0.15, -0.1) is 0 Å². The molecule has 0 fully saturated rings. The van der Waals surface area contributed by atoms with Crippen LogP contribution in [0.1, 0.15) is 36.6 Å². The summed E-state index contributed by atoms with van der Waals surface area (Å²) in [6, 6.07) is 6.17. The Labute approximate surface area is 108 Å². The van der Waals surface area contributed by atoms with E-state index in [1.165, 1.54) is 5.56 Å². The normalized spacial score (nSPS) is 10.9. The maximum atomic E-state index is 5.83. The number of nitrogens with zero attached hydrogens (tertiary/aromatic N) is 3. The van der Waals surface area contributed by atoms with Gasteiger partial charge < -0.3 is 5.73 Å². The molecule has 0 radical (unpaired) electrons. The molecule has 0 saturated carbocycles. The molecule has 0 saturated heterocycles. The average molecular weight is 244 g/mol. The van der Waals surface area contributed by atoms with Crippen LogP contribution < -0.4 is 5.73 Å². The Kier molecular flexibility index (Phi) is 3.77. The van der Waals surface area contributed by atoms with Crippen molar-refractivity contribution < 1.29 is 0 Å². The highest BCUT2D eigenvalue weighted by molar-refractivity contribution is 5.47. The molecule has 0 bridgehead atoms. The van der Waals surface area contributed by atoms with Gasteiger partial charge in [0.1, 0.15) is 5.82 Å². The second-order valence-electron chi connectivity index (χ2n) is 4.35. The Morgan fingerprint density at radius 2 is 2.00 bits per heavy atom. The van der Waals surface area contributed by atoms with Gasteiger partial charge in [0.2, 0.25) is 0 Å². The van der Waals surface area contributed by atoms with E-state index in [0.29, 0.717) is 6.54 Å². The molecular formula is C14H20N4. The third-order valence-electron chi connectivity index (χ3n) is 3.10. The first-order chi connectivity index (χ1) is 8.71. The molecule has 1 aromatic carbocycles. The third-order valence-corrected chi connectivity index (χ3v) is 3.10. The van der Waals surface area contributed by atoms with E-state index >= 15 is 0 Å². The highest BCUT2D eigenvalue weighted by atomic mass is 15.4. The summed E-state index contributed by atoms with van der Waals surface area (Å²) in [5.41, 5.74) is 9.20. The lowest BCUT2D eigenvalue weighted by Gasteiger charge is -2.12. The molecule has 0 aliphatic heterocycles. The first-order valence-corrected chi connectivity index (χ1v) is 6.45. The number of nitrogens with two attached hydrogens (primary N) is 1. The van der Waals surface area contributed by atoms with E-state index in [-0.39, 0.29) is 0 Å². The van der Waals surface area contributed by atoms with Gasteiger partial charge in [-0.25, -0.2) is 9.67 Å². The Morgan fingerprint density at radius 1 is 1.22 bits per heavy atom. The van der Waals surface area contributed by atoms with Crippen LogP contribution in [0.4, 0.5) is 0 Å². The van der Waals surface area contributed by atoms with Crippen LogP contribution in [-0.4, -0.2) is 14.8 Å². The summed E-state index contributed by atoms with van der Waals surface area (Å²) in [4.78, 5) is 4.55. The topological polar surface area (TPSA) is 56.7 Å². The minimum Gasteiger partial charge on any atom is -0.326 e. The molecule has 4 heteroatoms. The summed E-state index contributed by atoms with van der Waals surface area (Å²) in [5.74, 6) is 1.88. The predicted molar refractivity (Wildman–Crippen MR) is 72.7 cm³/mol. The zero-order valence-corrected chi connectivity index (χ0v) is 11.3. The molecule has 4 nitrogen and oxygen atoms in total. The van der Waals surface area contributed by atoms with Crippen LogP contribution in [-0.2, 0) is 19.4 Å². The Bertz CT molecular complexity index is 543. The molecule has 0 atom stereocenters. The quantitative estimate of drug-likeness (QED) is 0.896. The molecule has 2 aromatic rings. The molecule has 0 aliphatic rings. The number of aromatic nitrogens is 3.